The second kappa shape index (κ2) is 8.47. The number of fused-ring (bicyclic) bond motifs is 1. The minimum Gasteiger partial charge on any atom is -0.467 e. The van der Waals surface area contributed by atoms with Crippen LogP contribution in [-0.2, 0) is 22.6 Å². The fourth-order valence-corrected chi connectivity index (χ4v) is 2.59. The minimum absolute atomic E-state index is 0. The molecule has 1 unspecified atom stereocenters. The Hall–Kier alpha value is -1.37. The molecule has 1 aliphatic heterocycles. The van der Waals surface area contributed by atoms with Gasteiger partial charge in [-0.2, -0.15) is 0 Å². The van der Waals surface area contributed by atoms with Crippen molar-refractivity contribution >= 4 is 18.3 Å². The Kier molecular flexibility index (Phi) is 7.25. The highest BCUT2D eigenvalue weighted by molar-refractivity contribution is 5.85. The third kappa shape index (κ3) is 5.06. The average Bonchev–Trinajstić information content (AvgIpc) is 2.46. The summed E-state index contributed by atoms with van der Waals surface area (Å²) in [6.45, 7) is 4.59. The van der Waals surface area contributed by atoms with Crippen LogP contribution in [0.3, 0.4) is 0 Å². The molecule has 1 amide bonds. The predicted octanol–water partition coefficient (Wildman–Crippen LogP) is 2.29. The van der Waals surface area contributed by atoms with E-state index < -0.39 is 5.54 Å². The molecule has 0 spiro atoms. The molecule has 1 atom stereocenters. The molecular formula is C16H24ClFN2O3. The molecule has 1 aromatic carbocycles. The lowest BCUT2D eigenvalue weighted by molar-refractivity contribution is -0.126. The van der Waals surface area contributed by atoms with E-state index in [1.165, 1.54) is 12.1 Å². The van der Waals surface area contributed by atoms with Gasteiger partial charge in [0.15, 0.2) is 6.79 Å². The van der Waals surface area contributed by atoms with Crippen LogP contribution in [0.15, 0.2) is 12.1 Å². The normalized spacial score (nSPS) is 15.7. The predicted molar refractivity (Wildman–Crippen MR) is 88.1 cm³/mol. The van der Waals surface area contributed by atoms with Crippen LogP contribution in [0, 0.1) is 5.82 Å². The lowest BCUT2D eigenvalue weighted by Crippen LogP contribution is -2.51. The quantitative estimate of drug-likeness (QED) is 0.828. The second-order valence-electron chi connectivity index (χ2n) is 5.84. The number of rotatable bonds is 6. The van der Waals surface area contributed by atoms with Gasteiger partial charge in [-0.25, -0.2) is 4.39 Å². The molecule has 2 rings (SSSR count). The number of benzene rings is 1. The van der Waals surface area contributed by atoms with Crippen LogP contribution in [-0.4, -0.2) is 24.8 Å². The topological polar surface area (TPSA) is 73.6 Å². The van der Waals surface area contributed by atoms with Crippen molar-refractivity contribution in [3.05, 3.63) is 29.1 Å². The summed E-state index contributed by atoms with van der Waals surface area (Å²) >= 11 is 0. The summed E-state index contributed by atoms with van der Waals surface area (Å²) in [5.74, 6) is 0.138. The molecular weight excluding hydrogens is 323 g/mol. The standard InChI is InChI=1S/C16H23FN2O3.ClH/c1-3-5-16(2,18)15(20)19-6-4-11-7-13(17)8-12-9-21-10-22-14(11)12;/h7-8H,3-6,9-10,18H2,1-2H3,(H,19,20);1H. The highest BCUT2D eigenvalue weighted by Gasteiger charge is 2.26. The average molecular weight is 347 g/mol. The molecule has 1 aromatic rings. The number of carbonyl (C=O) groups excluding carboxylic acids is 1. The molecule has 1 aliphatic rings. The Morgan fingerprint density at radius 1 is 1.48 bits per heavy atom. The largest absolute Gasteiger partial charge is 0.467 e. The number of nitrogens with two attached hydrogens (primary N) is 1. The number of nitrogens with one attached hydrogen (secondary N) is 1. The molecule has 0 bridgehead atoms. The van der Waals surface area contributed by atoms with E-state index in [1.807, 2.05) is 6.92 Å². The first-order valence-corrected chi connectivity index (χ1v) is 7.53. The second-order valence-corrected chi connectivity index (χ2v) is 5.84. The third-order valence-corrected chi connectivity index (χ3v) is 3.72. The van der Waals surface area contributed by atoms with Crippen LogP contribution in [0.1, 0.15) is 37.8 Å². The number of ether oxygens (including phenoxy) is 2. The zero-order chi connectivity index (χ0) is 16.2. The molecule has 0 aliphatic carbocycles. The third-order valence-electron chi connectivity index (χ3n) is 3.72. The summed E-state index contributed by atoms with van der Waals surface area (Å²) < 4.78 is 24.2. The van der Waals surface area contributed by atoms with E-state index >= 15 is 0 Å². The van der Waals surface area contributed by atoms with Gasteiger partial charge < -0.3 is 20.5 Å². The lowest BCUT2D eigenvalue weighted by Gasteiger charge is -2.23. The maximum absolute atomic E-state index is 13.6. The first-order chi connectivity index (χ1) is 10.4. The van der Waals surface area contributed by atoms with Crippen molar-refractivity contribution in [1.29, 1.82) is 0 Å². The van der Waals surface area contributed by atoms with Gasteiger partial charge in [0, 0.05) is 12.1 Å². The lowest BCUT2D eigenvalue weighted by atomic mass is 9.96. The number of halogens is 2. The highest BCUT2D eigenvalue weighted by atomic mass is 35.5. The maximum atomic E-state index is 13.6. The molecule has 23 heavy (non-hydrogen) atoms. The molecule has 0 saturated heterocycles. The molecule has 0 saturated carbocycles. The molecule has 130 valence electrons. The van der Waals surface area contributed by atoms with Crippen molar-refractivity contribution in [2.24, 2.45) is 5.73 Å². The van der Waals surface area contributed by atoms with Crippen molar-refractivity contribution in [3.8, 4) is 5.75 Å². The van der Waals surface area contributed by atoms with Crippen molar-refractivity contribution in [2.45, 2.75) is 45.3 Å². The Labute approximate surface area is 142 Å². The summed E-state index contributed by atoms with van der Waals surface area (Å²) in [6.07, 6.45) is 1.94. The minimum atomic E-state index is -0.875. The van der Waals surface area contributed by atoms with E-state index in [2.05, 4.69) is 5.32 Å². The van der Waals surface area contributed by atoms with Crippen molar-refractivity contribution in [1.82, 2.24) is 5.32 Å². The Morgan fingerprint density at radius 3 is 2.91 bits per heavy atom. The fraction of sp³-hybridized carbons (Fsp3) is 0.562. The summed E-state index contributed by atoms with van der Waals surface area (Å²) in [4.78, 5) is 12.0. The van der Waals surface area contributed by atoms with E-state index in [9.17, 15) is 9.18 Å². The Morgan fingerprint density at radius 2 is 2.22 bits per heavy atom. The first kappa shape index (κ1) is 19.7. The summed E-state index contributed by atoms with van der Waals surface area (Å²) in [5, 5.41) is 2.81. The molecule has 5 nitrogen and oxygen atoms in total. The van der Waals surface area contributed by atoms with E-state index in [4.69, 9.17) is 15.2 Å². The SMILES string of the molecule is CCCC(C)(N)C(=O)NCCc1cc(F)cc2c1OCOC2.Cl. The first-order valence-electron chi connectivity index (χ1n) is 7.53. The number of hydrogen-bond donors (Lipinski definition) is 2. The van der Waals surface area contributed by atoms with Crippen LogP contribution in [0.2, 0.25) is 0 Å². The van der Waals surface area contributed by atoms with Gasteiger partial charge in [0.1, 0.15) is 11.6 Å². The zero-order valence-electron chi connectivity index (χ0n) is 13.5. The van der Waals surface area contributed by atoms with Crippen LogP contribution < -0.4 is 15.8 Å². The van der Waals surface area contributed by atoms with Crippen molar-refractivity contribution < 1.29 is 18.7 Å². The smallest absolute Gasteiger partial charge is 0.239 e. The van der Waals surface area contributed by atoms with Gasteiger partial charge >= 0.3 is 0 Å². The molecule has 1 heterocycles. The molecule has 7 heteroatoms. The van der Waals surface area contributed by atoms with Gasteiger partial charge in [0.25, 0.3) is 0 Å². The van der Waals surface area contributed by atoms with E-state index in [0.717, 1.165) is 12.0 Å². The summed E-state index contributed by atoms with van der Waals surface area (Å²) in [5.41, 5.74) is 6.52. The van der Waals surface area contributed by atoms with E-state index in [-0.39, 0.29) is 30.9 Å². The van der Waals surface area contributed by atoms with Gasteiger partial charge in [0.05, 0.1) is 12.1 Å². The fourth-order valence-electron chi connectivity index (χ4n) is 2.59. The van der Waals surface area contributed by atoms with Gasteiger partial charge in [-0.1, -0.05) is 13.3 Å². The summed E-state index contributed by atoms with van der Waals surface area (Å²) in [6, 6.07) is 2.85. The molecule has 0 aromatic heterocycles. The van der Waals surface area contributed by atoms with Gasteiger partial charge in [-0.3, -0.25) is 4.79 Å². The summed E-state index contributed by atoms with van der Waals surface area (Å²) in [7, 11) is 0. The number of amides is 1. The van der Waals surface area contributed by atoms with Crippen molar-refractivity contribution in [2.75, 3.05) is 13.3 Å². The highest BCUT2D eigenvalue weighted by Crippen LogP contribution is 2.29. The van der Waals surface area contributed by atoms with E-state index in [0.29, 0.717) is 37.3 Å². The Bertz CT molecular complexity index is 552. The number of carbonyl (C=O) groups is 1. The zero-order valence-corrected chi connectivity index (χ0v) is 14.3. The number of hydrogen-bond acceptors (Lipinski definition) is 4. The van der Waals surface area contributed by atoms with Crippen LogP contribution in [0.4, 0.5) is 4.39 Å². The van der Waals surface area contributed by atoms with Crippen molar-refractivity contribution in [3.63, 3.8) is 0 Å². The molecule has 0 fully saturated rings. The molecule has 0 radical (unpaired) electrons. The van der Waals surface area contributed by atoms with E-state index in [1.54, 1.807) is 6.92 Å². The monoisotopic (exact) mass is 346 g/mol. The van der Waals surface area contributed by atoms with Gasteiger partial charge in [-0.15, -0.1) is 12.4 Å². The Balaban J connectivity index is 0.00000264. The van der Waals surface area contributed by atoms with Crippen LogP contribution >= 0.6 is 12.4 Å². The van der Waals surface area contributed by atoms with Crippen LogP contribution in [0.25, 0.3) is 0 Å². The maximum Gasteiger partial charge on any atom is 0.239 e. The molecule has 3 N–H and O–H groups in total. The van der Waals surface area contributed by atoms with Crippen LogP contribution in [0.5, 0.6) is 5.75 Å². The van der Waals surface area contributed by atoms with Gasteiger partial charge in [0.2, 0.25) is 5.91 Å². The van der Waals surface area contributed by atoms with Gasteiger partial charge in [-0.05, 0) is 37.5 Å².